The van der Waals surface area contributed by atoms with Gasteiger partial charge >= 0.3 is 0 Å². The van der Waals surface area contributed by atoms with E-state index in [4.69, 9.17) is 4.12 Å². The molecule has 4 aliphatic carbocycles. The van der Waals surface area contributed by atoms with Crippen molar-refractivity contribution in [3.63, 3.8) is 0 Å². The molecule has 226 valence electrons. The standard InChI is InChI=1S/C29H48O.C6H18OSi2/c1-7-21(19(2)3)9-8-20(4)25-12-13-26-24-11-10-22-18-23(30)14-16-28(22,5)27(24)15-17-29(25,26)6;1-8(2,3)7-9(4,5)6/h8-10,19-21,23-27,30H,7,11-18H2,1-6H3;1-6H3/b9-8+;/t20-,21-,23+,24+,25-,26+,27+,28+,29-;/m1./s1. The highest BCUT2D eigenvalue weighted by Crippen LogP contribution is 2.67. The van der Waals surface area contributed by atoms with Crippen molar-refractivity contribution in [2.75, 3.05) is 0 Å². The lowest BCUT2D eigenvalue weighted by Gasteiger charge is -2.58. The quantitative estimate of drug-likeness (QED) is 0.242. The van der Waals surface area contributed by atoms with Crippen LogP contribution in [0.4, 0.5) is 0 Å². The second-order valence-electron chi connectivity index (χ2n) is 16.8. The Morgan fingerprint density at radius 1 is 0.923 bits per heavy atom. The smallest absolute Gasteiger partial charge is 0.170 e. The lowest BCUT2D eigenvalue weighted by atomic mass is 9.47. The Morgan fingerprint density at radius 2 is 1.56 bits per heavy atom. The van der Waals surface area contributed by atoms with E-state index in [0.717, 1.165) is 48.3 Å². The van der Waals surface area contributed by atoms with Crippen LogP contribution in [0.3, 0.4) is 0 Å². The molecule has 0 unspecified atom stereocenters. The van der Waals surface area contributed by atoms with Crippen LogP contribution < -0.4 is 0 Å². The van der Waals surface area contributed by atoms with Gasteiger partial charge in [-0.2, -0.15) is 0 Å². The van der Waals surface area contributed by atoms with Gasteiger partial charge in [0.05, 0.1) is 6.10 Å². The number of aliphatic hydroxyl groups excluding tert-OH is 1. The molecule has 9 atom stereocenters. The molecule has 0 saturated heterocycles. The van der Waals surface area contributed by atoms with E-state index in [1.54, 1.807) is 5.57 Å². The zero-order valence-electron chi connectivity index (χ0n) is 28.1. The number of fused-ring (bicyclic) bond motifs is 5. The Hall–Kier alpha value is -0.166. The predicted octanol–water partition coefficient (Wildman–Crippen LogP) is 10.5. The van der Waals surface area contributed by atoms with Crippen molar-refractivity contribution in [2.24, 2.45) is 52.3 Å². The normalized spacial score (nSPS) is 38.3. The lowest BCUT2D eigenvalue weighted by molar-refractivity contribution is -0.0540. The van der Waals surface area contributed by atoms with Gasteiger partial charge in [0, 0.05) is 0 Å². The number of allylic oxidation sites excluding steroid dienone is 3. The summed E-state index contributed by atoms with van der Waals surface area (Å²) in [5, 5.41) is 10.2. The summed E-state index contributed by atoms with van der Waals surface area (Å²) in [6.07, 6.45) is 19.1. The monoisotopic (exact) mass is 574 g/mol. The van der Waals surface area contributed by atoms with Gasteiger partial charge in [0.1, 0.15) is 0 Å². The molecule has 4 heteroatoms. The molecule has 0 aliphatic heterocycles. The molecule has 1 N–H and O–H groups in total. The summed E-state index contributed by atoms with van der Waals surface area (Å²) in [5.74, 6) is 5.70. The number of hydrogen-bond donors (Lipinski definition) is 1. The van der Waals surface area contributed by atoms with E-state index < -0.39 is 16.6 Å². The predicted molar refractivity (Wildman–Crippen MR) is 176 cm³/mol. The molecule has 3 saturated carbocycles. The van der Waals surface area contributed by atoms with Gasteiger partial charge in [-0.1, -0.05) is 65.3 Å². The zero-order chi connectivity index (χ0) is 29.4. The maximum absolute atomic E-state index is 10.2. The van der Waals surface area contributed by atoms with Crippen LogP contribution in [0.5, 0.6) is 0 Å². The molecule has 0 spiro atoms. The van der Waals surface area contributed by atoms with E-state index >= 15 is 0 Å². The molecule has 0 amide bonds. The van der Waals surface area contributed by atoms with Crippen molar-refractivity contribution in [3.8, 4) is 0 Å². The van der Waals surface area contributed by atoms with Gasteiger partial charge in [-0.25, -0.2) is 0 Å². The van der Waals surface area contributed by atoms with Gasteiger partial charge in [-0.05, 0) is 149 Å². The van der Waals surface area contributed by atoms with E-state index in [9.17, 15) is 5.11 Å². The van der Waals surface area contributed by atoms with Crippen LogP contribution in [0.1, 0.15) is 99.3 Å². The topological polar surface area (TPSA) is 29.5 Å². The fourth-order valence-electron chi connectivity index (χ4n) is 9.75. The van der Waals surface area contributed by atoms with Crippen molar-refractivity contribution in [1.29, 1.82) is 0 Å². The first-order valence-corrected chi connectivity index (χ1v) is 23.5. The van der Waals surface area contributed by atoms with Crippen molar-refractivity contribution in [1.82, 2.24) is 0 Å². The van der Waals surface area contributed by atoms with Crippen LogP contribution in [0.25, 0.3) is 0 Å². The third-order valence-electron chi connectivity index (χ3n) is 11.4. The molecule has 0 aromatic heterocycles. The van der Waals surface area contributed by atoms with E-state index in [0.29, 0.717) is 16.7 Å². The summed E-state index contributed by atoms with van der Waals surface area (Å²) in [6.45, 7) is 28.3. The Labute approximate surface area is 246 Å². The lowest BCUT2D eigenvalue weighted by Crippen LogP contribution is -2.50. The highest BCUT2D eigenvalue weighted by Gasteiger charge is 2.59. The highest BCUT2D eigenvalue weighted by molar-refractivity contribution is 6.83. The molecular formula is C35H66O2Si2. The number of rotatable bonds is 7. The average molecular weight is 575 g/mol. The van der Waals surface area contributed by atoms with Crippen LogP contribution in [0, 0.1) is 52.3 Å². The minimum Gasteiger partial charge on any atom is -0.456 e. The highest BCUT2D eigenvalue weighted by atomic mass is 28.4. The maximum atomic E-state index is 10.2. The summed E-state index contributed by atoms with van der Waals surface area (Å²) in [6, 6.07) is 0. The third-order valence-corrected chi connectivity index (χ3v) is 16.3. The number of hydrogen-bond acceptors (Lipinski definition) is 2. The molecular weight excluding hydrogens is 509 g/mol. The van der Waals surface area contributed by atoms with Gasteiger partial charge in [0.15, 0.2) is 16.6 Å². The van der Waals surface area contributed by atoms with Crippen molar-refractivity contribution >= 4 is 16.6 Å². The average Bonchev–Trinajstić information content (AvgIpc) is 3.15. The molecule has 4 aliphatic rings. The molecule has 0 radical (unpaired) electrons. The second-order valence-corrected chi connectivity index (χ2v) is 26.0. The molecule has 2 nitrogen and oxygen atoms in total. The van der Waals surface area contributed by atoms with Crippen molar-refractivity contribution < 1.29 is 9.22 Å². The van der Waals surface area contributed by atoms with E-state index in [1.807, 2.05) is 0 Å². The molecule has 4 rings (SSSR count). The van der Waals surface area contributed by atoms with Crippen LogP contribution >= 0.6 is 0 Å². The van der Waals surface area contributed by atoms with Crippen LogP contribution in [0.15, 0.2) is 23.8 Å². The third kappa shape index (κ3) is 7.82. The van der Waals surface area contributed by atoms with E-state index in [1.165, 1.54) is 44.9 Å². The largest absolute Gasteiger partial charge is 0.456 e. The molecule has 0 bridgehead atoms. The minimum atomic E-state index is -1.23. The first-order chi connectivity index (χ1) is 17.9. The van der Waals surface area contributed by atoms with E-state index in [2.05, 4.69) is 99.1 Å². The molecule has 39 heavy (non-hydrogen) atoms. The van der Waals surface area contributed by atoms with E-state index in [-0.39, 0.29) is 6.10 Å². The Bertz CT molecular complexity index is 853. The summed E-state index contributed by atoms with van der Waals surface area (Å²) in [7, 11) is -2.46. The van der Waals surface area contributed by atoms with Crippen molar-refractivity contribution in [3.05, 3.63) is 23.8 Å². The fourth-order valence-corrected chi connectivity index (χ4v) is 17.1. The van der Waals surface area contributed by atoms with Crippen LogP contribution in [0.2, 0.25) is 39.3 Å². The molecule has 0 aromatic carbocycles. The Kier molecular flexibility index (Phi) is 10.8. The Morgan fingerprint density at radius 3 is 2.10 bits per heavy atom. The fraction of sp³-hybridized carbons (Fsp3) is 0.886. The summed E-state index contributed by atoms with van der Waals surface area (Å²) in [4.78, 5) is 0. The Balaban J connectivity index is 0.000000403. The summed E-state index contributed by atoms with van der Waals surface area (Å²) in [5.41, 5.74) is 2.51. The van der Waals surface area contributed by atoms with Gasteiger partial charge in [-0.3, -0.25) is 0 Å². The zero-order valence-corrected chi connectivity index (χ0v) is 30.1. The second kappa shape index (κ2) is 12.6. The maximum Gasteiger partial charge on any atom is 0.170 e. The van der Waals surface area contributed by atoms with Crippen LogP contribution in [-0.4, -0.2) is 27.8 Å². The van der Waals surface area contributed by atoms with Gasteiger partial charge in [-0.15, -0.1) is 0 Å². The first-order valence-electron chi connectivity index (χ1n) is 16.7. The summed E-state index contributed by atoms with van der Waals surface area (Å²) >= 11 is 0. The van der Waals surface area contributed by atoms with Gasteiger partial charge in [0.25, 0.3) is 0 Å². The minimum absolute atomic E-state index is 0.0870. The van der Waals surface area contributed by atoms with Crippen LogP contribution in [-0.2, 0) is 4.12 Å². The van der Waals surface area contributed by atoms with Gasteiger partial charge in [0.2, 0.25) is 0 Å². The van der Waals surface area contributed by atoms with Gasteiger partial charge < -0.3 is 9.22 Å². The molecule has 3 fully saturated rings. The first kappa shape index (κ1) is 33.3. The molecule has 0 aromatic rings. The number of aliphatic hydroxyl groups is 1. The molecule has 0 heterocycles. The van der Waals surface area contributed by atoms with Crippen molar-refractivity contribution in [2.45, 2.75) is 145 Å². The SMILES string of the molecule is CC[C@H](/C=C/[C@@H](C)[C@H]1CC[C@H]2[C@@H]3CC=C4C[C@@H](O)CC[C@]4(C)[C@H]3CC[C@]12C)C(C)C.C[Si](C)(C)O[Si](C)(C)C. The summed E-state index contributed by atoms with van der Waals surface area (Å²) < 4.78 is 5.90.